The van der Waals surface area contributed by atoms with Crippen LogP contribution in [0, 0.1) is 0 Å². The number of anilines is 1. The number of carbonyl (C=O) groups is 1. The van der Waals surface area contributed by atoms with Crippen molar-refractivity contribution in [3.8, 4) is 5.75 Å². The van der Waals surface area contributed by atoms with Gasteiger partial charge in [0.15, 0.2) is 0 Å². The average molecular weight is 293 g/mol. The Kier molecular flexibility index (Phi) is 6.65. The van der Waals surface area contributed by atoms with Crippen LogP contribution < -0.4 is 15.4 Å². The fraction of sp³-hybridized carbons (Fsp3) is 0.562. The first-order chi connectivity index (χ1) is 9.76. The smallest absolute Gasteiger partial charge is 0.238 e. The number of benzene rings is 1. The summed E-state index contributed by atoms with van der Waals surface area (Å²) >= 11 is 0. The molecular formula is C16H27N3O2. The fourth-order valence-electron chi connectivity index (χ4n) is 1.53. The minimum Gasteiger partial charge on any atom is -0.492 e. The molecule has 0 spiro atoms. The minimum absolute atomic E-state index is 0.0498. The third kappa shape index (κ3) is 8.32. The molecule has 0 bridgehead atoms. The van der Waals surface area contributed by atoms with Crippen molar-refractivity contribution < 1.29 is 9.53 Å². The highest BCUT2D eigenvalue weighted by Gasteiger charge is 2.11. The van der Waals surface area contributed by atoms with Gasteiger partial charge in [-0.05, 0) is 59.1 Å². The molecule has 5 heteroatoms. The molecule has 1 aromatic carbocycles. The molecular weight excluding hydrogens is 266 g/mol. The van der Waals surface area contributed by atoms with Crippen LogP contribution in [0.3, 0.4) is 0 Å². The lowest BCUT2D eigenvalue weighted by atomic mass is 10.1. The summed E-state index contributed by atoms with van der Waals surface area (Å²) < 4.78 is 5.60. The van der Waals surface area contributed by atoms with Crippen LogP contribution in [-0.4, -0.2) is 50.1 Å². The predicted octanol–water partition coefficient (Wildman–Crippen LogP) is 1.95. The molecule has 2 N–H and O–H groups in total. The third-order valence-electron chi connectivity index (χ3n) is 2.72. The van der Waals surface area contributed by atoms with Crippen LogP contribution >= 0.6 is 0 Å². The molecule has 0 aliphatic carbocycles. The molecule has 0 radical (unpaired) electrons. The van der Waals surface area contributed by atoms with Crippen LogP contribution in [0.5, 0.6) is 5.75 Å². The summed E-state index contributed by atoms with van der Waals surface area (Å²) in [7, 11) is 4.02. The number of likely N-dealkylation sites (N-methyl/N-ethyl adjacent to an activating group) is 1. The first-order valence-electron chi connectivity index (χ1n) is 7.19. The van der Waals surface area contributed by atoms with Gasteiger partial charge in [0.25, 0.3) is 0 Å². The Morgan fingerprint density at radius 3 is 2.33 bits per heavy atom. The Morgan fingerprint density at radius 1 is 1.19 bits per heavy atom. The van der Waals surface area contributed by atoms with Gasteiger partial charge in [0.05, 0.1) is 6.54 Å². The number of nitrogens with one attached hydrogen (secondary N) is 2. The van der Waals surface area contributed by atoms with E-state index in [4.69, 9.17) is 4.74 Å². The molecule has 0 saturated carbocycles. The van der Waals surface area contributed by atoms with E-state index >= 15 is 0 Å². The molecule has 0 aliphatic heterocycles. The van der Waals surface area contributed by atoms with Crippen LogP contribution in [0.1, 0.15) is 20.8 Å². The van der Waals surface area contributed by atoms with E-state index in [9.17, 15) is 4.79 Å². The van der Waals surface area contributed by atoms with Crippen molar-refractivity contribution in [1.29, 1.82) is 0 Å². The van der Waals surface area contributed by atoms with E-state index in [-0.39, 0.29) is 11.4 Å². The number of nitrogens with zero attached hydrogens (tertiary/aromatic N) is 1. The maximum absolute atomic E-state index is 11.8. The lowest BCUT2D eigenvalue weighted by molar-refractivity contribution is -0.115. The van der Waals surface area contributed by atoms with Crippen molar-refractivity contribution in [2.24, 2.45) is 0 Å². The molecule has 21 heavy (non-hydrogen) atoms. The molecule has 0 atom stereocenters. The van der Waals surface area contributed by atoms with Crippen LogP contribution in [0.25, 0.3) is 0 Å². The zero-order chi connectivity index (χ0) is 15.9. The predicted molar refractivity (Wildman–Crippen MR) is 86.9 cm³/mol. The molecule has 1 rings (SSSR count). The second-order valence-corrected chi connectivity index (χ2v) is 6.33. The Labute approximate surface area is 127 Å². The van der Waals surface area contributed by atoms with Gasteiger partial charge in [0, 0.05) is 17.8 Å². The standard InChI is InChI=1S/C16H27N3O2/c1-16(2,3)17-12-15(20)18-13-6-8-14(9-7-13)21-11-10-19(4)5/h6-9,17H,10-12H2,1-5H3,(H,18,20). The number of carbonyl (C=O) groups excluding carboxylic acids is 1. The number of amides is 1. The molecule has 1 amide bonds. The normalized spacial score (nSPS) is 11.5. The summed E-state index contributed by atoms with van der Waals surface area (Å²) in [5.41, 5.74) is 0.706. The Hall–Kier alpha value is -1.59. The quantitative estimate of drug-likeness (QED) is 0.807. The molecule has 5 nitrogen and oxygen atoms in total. The summed E-state index contributed by atoms with van der Waals surface area (Å²) in [6, 6.07) is 7.42. The number of rotatable bonds is 7. The van der Waals surface area contributed by atoms with Crippen molar-refractivity contribution in [1.82, 2.24) is 10.2 Å². The van der Waals surface area contributed by atoms with Gasteiger partial charge in [0.1, 0.15) is 12.4 Å². The molecule has 0 unspecified atom stereocenters. The van der Waals surface area contributed by atoms with Crippen molar-refractivity contribution in [3.05, 3.63) is 24.3 Å². The van der Waals surface area contributed by atoms with Crippen molar-refractivity contribution in [2.45, 2.75) is 26.3 Å². The van der Waals surface area contributed by atoms with Crippen molar-refractivity contribution in [2.75, 3.05) is 39.1 Å². The van der Waals surface area contributed by atoms with E-state index in [1.807, 2.05) is 59.1 Å². The highest BCUT2D eigenvalue weighted by Crippen LogP contribution is 2.15. The SMILES string of the molecule is CN(C)CCOc1ccc(NC(=O)CNC(C)(C)C)cc1. The van der Waals surface area contributed by atoms with E-state index in [1.165, 1.54) is 0 Å². The first kappa shape index (κ1) is 17.5. The molecule has 0 saturated heterocycles. The summed E-state index contributed by atoms with van der Waals surface area (Å²) in [6.07, 6.45) is 0. The van der Waals surface area contributed by atoms with Crippen molar-refractivity contribution in [3.63, 3.8) is 0 Å². The lowest BCUT2D eigenvalue weighted by Gasteiger charge is -2.20. The maximum atomic E-state index is 11.8. The molecule has 0 aliphatic rings. The van der Waals surface area contributed by atoms with E-state index in [1.54, 1.807) is 0 Å². The van der Waals surface area contributed by atoms with E-state index in [2.05, 4.69) is 15.5 Å². The summed E-state index contributed by atoms with van der Waals surface area (Å²) in [5, 5.41) is 6.00. The topological polar surface area (TPSA) is 53.6 Å². The maximum Gasteiger partial charge on any atom is 0.238 e. The van der Waals surface area contributed by atoms with Gasteiger partial charge in [-0.1, -0.05) is 0 Å². The summed E-state index contributed by atoms with van der Waals surface area (Å²) in [4.78, 5) is 13.8. The summed E-state index contributed by atoms with van der Waals surface area (Å²) in [6.45, 7) is 7.90. The van der Waals surface area contributed by atoms with Crippen LogP contribution in [0.2, 0.25) is 0 Å². The fourth-order valence-corrected chi connectivity index (χ4v) is 1.53. The van der Waals surface area contributed by atoms with Gasteiger partial charge in [-0.25, -0.2) is 0 Å². The Bertz CT molecular complexity index is 436. The van der Waals surface area contributed by atoms with E-state index in [0.717, 1.165) is 18.0 Å². The molecule has 0 fully saturated rings. The average Bonchev–Trinajstić information content (AvgIpc) is 2.37. The number of hydrogen-bond donors (Lipinski definition) is 2. The monoisotopic (exact) mass is 293 g/mol. The van der Waals surface area contributed by atoms with Crippen LogP contribution in [0.4, 0.5) is 5.69 Å². The number of hydrogen-bond acceptors (Lipinski definition) is 4. The highest BCUT2D eigenvalue weighted by molar-refractivity contribution is 5.92. The van der Waals surface area contributed by atoms with Crippen LogP contribution in [-0.2, 0) is 4.79 Å². The van der Waals surface area contributed by atoms with Gasteiger partial charge in [0.2, 0.25) is 5.91 Å². The van der Waals surface area contributed by atoms with Gasteiger partial charge in [-0.15, -0.1) is 0 Å². The van der Waals surface area contributed by atoms with Gasteiger partial charge < -0.3 is 20.3 Å². The Morgan fingerprint density at radius 2 is 1.81 bits per heavy atom. The molecule has 118 valence electrons. The van der Waals surface area contributed by atoms with Gasteiger partial charge >= 0.3 is 0 Å². The lowest BCUT2D eigenvalue weighted by Crippen LogP contribution is -2.41. The van der Waals surface area contributed by atoms with Gasteiger partial charge in [-0.3, -0.25) is 4.79 Å². The Balaban J connectivity index is 2.38. The second kappa shape index (κ2) is 8.00. The molecule has 1 aromatic rings. The number of ether oxygens (including phenoxy) is 1. The molecule has 0 heterocycles. The largest absolute Gasteiger partial charge is 0.492 e. The van der Waals surface area contributed by atoms with Crippen LogP contribution in [0.15, 0.2) is 24.3 Å². The zero-order valence-corrected chi connectivity index (χ0v) is 13.7. The van der Waals surface area contributed by atoms with Crippen molar-refractivity contribution >= 4 is 11.6 Å². The first-order valence-corrected chi connectivity index (χ1v) is 7.19. The minimum atomic E-state index is -0.0680. The molecule has 0 aromatic heterocycles. The zero-order valence-electron chi connectivity index (χ0n) is 13.7. The van der Waals surface area contributed by atoms with E-state index < -0.39 is 0 Å². The third-order valence-corrected chi connectivity index (χ3v) is 2.72. The second-order valence-electron chi connectivity index (χ2n) is 6.33. The highest BCUT2D eigenvalue weighted by atomic mass is 16.5. The van der Waals surface area contributed by atoms with E-state index in [0.29, 0.717) is 13.2 Å². The summed E-state index contributed by atoms with van der Waals surface area (Å²) in [5.74, 6) is 0.758. The van der Waals surface area contributed by atoms with Gasteiger partial charge in [-0.2, -0.15) is 0 Å².